The molecule has 0 aliphatic rings. The molecule has 0 aromatic heterocycles. The minimum atomic E-state index is -3.93. The van der Waals surface area contributed by atoms with Gasteiger partial charge in [-0.15, -0.1) is 0 Å². The van der Waals surface area contributed by atoms with Crippen LogP contribution in [0.1, 0.15) is 29.8 Å². The van der Waals surface area contributed by atoms with Crippen molar-refractivity contribution < 1.29 is 18.0 Å². The van der Waals surface area contributed by atoms with Gasteiger partial charge < -0.3 is 0 Å². The molecule has 0 unspecified atom stereocenters. The quantitative estimate of drug-likeness (QED) is 0.635. The number of halogens is 1. The van der Waals surface area contributed by atoms with Gasteiger partial charge in [-0.1, -0.05) is 36.7 Å². The Morgan fingerprint density at radius 1 is 1.07 bits per heavy atom. The number of hydrazine groups is 1. The van der Waals surface area contributed by atoms with Crippen LogP contribution in [0.25, 0.3) is 0 Å². The average Bonchev–Trinajstić information content (AvgIpc) is 2.65. The van der Waals surface area contributed by atoms with Crippen molar-refractivity contribution in [2.45, 2.75) is 31.2 Å². The average molecular weight is 410 g/mol. The van der Waals surface area contributed by atoms with Gasteiger partial charge in [0.15, 0.2) is 0 Å². The Kier molecular flexibility index (Phi) is 6.95. The molecule has 0 heterocycles. The maximum Gasteiger partial charge on any atom is 0.269 e. The molecular formula is C18H20ClN3O4S. The smallest absolute Gasteiger partial charge is 0.269 e. The fraction of sp³-hybridized carbons (Fsp3) is 0.222. The van der Waals surface area contributed by atoms with Gasteiger partial charge in [-0.2, -0.15) is 4.72 Å². The highest BCUT2D eigenvalue weighted by Crippen LogP contribution is 2.15. The standard InChI is InChI=1S/C18H20ClN3O4S/c1-3-13-7-9-14(10-8-13)18(24)21-20-17(23)12(2)22-27(25,26)16-6-4-5-15(19)11-16/h4-12,22H,3H2,1-2H3,(H,20,23)(H,21,24)/t12-/m0/s1. The Balaban J connectivity index is 1.93. The first-order chi connectivity index (χ1) is 12.7. The second-order valence-corrected chi connectivity index (χ2v) is 7.94. The van der Waals surface area contributed by atoms with E-state index in [1.165, 1.54) is 25.1 Å². The molecule has 9 heteroatoms. The van der Waals surface area contributed by atoms with Crippen molar-refractivity contribution in [2.24, 2.45) is 0 Å². The molecular weight excluding hydrogens is 390 g/mol. The summed E-state index contributed by atoms with van der Waals surface area (Å²) in [5.41, 5.74) is 5.92. The van der Waals surface area contributed by atoms with Crippen LogP contribution >= 0.6 is 11.6 Å². The van der Waals surface area contributed by atoms with E-state index in [9.17, 15) is 18.0 Å². The lowest BCUT2D eigenvalue weighted by Crippen LogP contribution is -2.51. The van der Waals surface area contributed by atoms with Crippen LogP contribution in [0.5, 0.6) is 0 Å². The molecule has 0 saturated carbocycles. The maximum absolute atomic E-state index is 12.3. The van der Waals surface area contributed by atoms with E-state index in [-0.39, 0.29) is 9.92 Å². The van der Waals surface area contributed by atoms with Crippen LogP contribution in [-0.2, 0) is 21.2 Å². The third-order valence-corrected chi connectivity index (χ3v) is 5.53. The Labute approximate surface area is 163 Å². The van der Waals surface area contributed by atoms with Crippen LogP contribution in [0.15, 0.2) is 53.4 Å². The summed E-state index contributed by atoms with van der Waals surface area (Å²) in [6.07, 6.45) is 0.850. The van der Waals surface area contributed by atoms with Gasteiger partial charge in [-0.3, -0.25) is 20.4 Å². The highest BCUT2D eigenvalue weighted by molar-refractivity contribution is 7.89. The van der Waals surface area contributed by atoms with Crippen molar-refractivity contribution >= 4 is 33.4 Å². The van der Waals surface area contributed by atoms with Gasteiger partial charge in [0.1, 0.15) is 0 Å². The van der Waals surface area contributed by atoms with Crippen LogP contribution in [0.2, 0.25) is 5.02 Å². The number of carbonyl (C=O) groups is 2. The molecule has 0 radical (unpaired) electrons. The molecule has 0 bridgehead atoms. The highest BCUT2D eigenvalue weighted by atomic mass is 35.5. The molecule has 2 rings (SSSR count). The lowest BCUT2D eigenvalue weighted by atomic mass is 10.1. The van der Waals surface area contributed by atoms with Crippen molar-refractivity contribution in [2.75, 3.05) is 0 Å². The number of hydrogen-bond acceptors (Lipinski definition) is 4. The molecule has 7 nitrogen and oxygen atoms in total. The molecule has 27 heavy (non-hydrogen) atoms. The number of hydrogen-bond donors (Lipinski definition) is 3. The summed E-state index contributed by atoms with van der Waals surface area (Å²) in [7, 11) is -3.93. The SMILES string of the molecule is CCc1ccc(C(=O)NNC(=O)[C@H](C)NS(=O)(=O)c2cccc(Cl)c2)cc1. The number of rotatable bonds is 6. The summed E-state index contributed by atoms with van der Waals surface area (Å²) < 4.78 is 26.8. The largest absolute Gasteiger partial charge is 0.271 e. The van der Waals surface area contributed by atoms with Gasteiger partial charge in [0.05, 0.1) is 10.9 Å². The molecule has 0 aliphatic heterocycles. The third kappa shape index (κ3) is 5.78. The van der Waals surface area contributed by atoms with Crippen molar-refractivity contribution in [3.05, 3.63) is 64.7 Å². The van der Waals surface area contributed by atoms with Crippen molar-refractivity contribution in [3.8, 4) is 0 Å². The summed E-state index contributed by atoms with van der Waals surface area (Å²) in [5.74, 6) is -1.21. The third-order valence-electron chi connectivity index (χ3n) is 3.76. The van der Waals surface area contributed by atoms with E-state index >= 15 is 0 Å². The molecule has 0 aliphatic carbocycles. The summed E-state index contributed by atoms with van der Waals surface area (Å²) in [6.45, 7) is 3.36. The Hall–Kier alpha value is -2.42. The topological polar surface area (TPSA) is 104 Å². The number of amides is 2. The Morgan fingerprint density at radius 3 is 2.33 bits per heavy atom. The van der Waals surface area contributed by atoms with Gasteiger partial charge in [-0.05, 0) is 49.2 Å². The van der Waals surface area contributed by atoms with Crippen LogP contribution in [-0.4, -0.2) is 26.3 Å². The van der Waals surface area contributed by atoms with Gasteiger partial charge in [-0.25, -0.2) is 8.42 Å². The summed E-state index contributed by atoms with van der Waals surface area (Å²) in [4.78, 5) is 24.1. The lowest BCUT2D eigenvalue weighted by Gasteiger charge is -2.15. The van der Waals surface area contributed by atoms with Gasteiger partial charge >= 0.3 is 0 Å². The second-order valence-electron chi connectivity index (χ2n) is 5.79. The molecule has 0 spiro atoms. The Bertz CT molecular complexity index is 930. The summed E-state index contributed by atoms with van der Waals surface area (Å²) in [5, 5.41) is 0.260. The monoisotopic (exact) mass is 409 g/mol. The maximum atomic E-state index is 12.3. The van der Waals surface area contributed by atoms with E-state index in [2.05, 4.69) is 15.6 Å². The number of sulfonamides is 1. The first kappa shape index (κ1) is 20.9. The summed E-state index contributed by atoms with van der Waals surface area (Å²) in [6, 6.07) is 11.5. The van der Waals surface area contributed by atoms with Gasteiger partial charge in [0, 0.05) is 10.6 Å². The predicted molar refractivity (Wildman–Crippen MR) is 103 cm³/mol. The molecule has 144 valence electrons. The van der Waals surface area contributed by atoms with Crippen LogP contribution in [0.4, 0.5) is 0 Å². The lowest BCUT2D eigenvalue weighted by molar-refractivity contribution is -0.123. The first-order valence-electron chi connectivity index (χ1n) is 8.20. The fourth-order valence-corrected chi connectivity index (χ4v) is 3.68. The van der Waals surface area contributed by atoms with Gasteiger partial charge in [0.25, 0.3) is 11.8 Å². The van der Waals surface area contributed by atoms with E-state index in [4.69, 9.17) is 11.6 Å². The van der Waals surface area contributed by atoms with Gasteiger partial charge in [0.2, 0.25) is 10.0 Å². The number of aryl methyl sites for hydroxylation is 1. The first-order valence-corrected chi connectivity index (χ1v) is 10.1. The number of benzene rings is 2. The molecule has 0 saturated heterocycles. The normalized spacial score (nSPS) is 12.3. The molecule has 0 fully saturated rings. The predicted octanol–water partition coefficient (Wildman–Crippen LogP) is 2.03. The molecule has 2 amide bonds. The zero-order valence-electron chi connectivity index (χ0n) is 14.8. The second kappa shape index (κ2) is 8.98. The molecule has 3 N–H and O–H groups in total. The van der Waals surface area contributed by atoms with Crippen molar-refractivity contribution in [1.82, 2.24) is 15.6 Å². The van der Waals surface area contributed by atoms with Crippen LogP contribution in [0, 0.1) is 0 Å². The highest BCUT2D eigenvalue weighted by Gasteiger charge is 2.22. The van der Waals surface area contributed by atoms with E-state index < -0.39 is 27.9 Å². The van der Waals surface area contributed by atoms with E-state index in [1.807, 2.05) is 19.1 Å². The minimum Gasteiger partial charge on any atom is -0.271 e. The number of carbonyl (C=O) groups excluding carboxylic acids is 2. The molecule has 2 aromatic rings. The minimum absolute atomic E-state index is 0.0605. The van der Waals surface area contributed by atoms with Crippen molar-refractivity contribution in [1.29, 1.82) is 0 Å². The van der Waals surface area contributed by atoms with Crippen LogP contribution < -0.4 is 15.6 Å². The molecule has 1 atom stereocenters. The van der Waals surface area contributed by atoms with E-state index in [0.29, 0.717) is 5.56 Å². The fourth-order valence-electron chi connectivity index (χ4n) is 2.18. The summed E-state index contributed by atoms with van der Waals surface area (Å²) >= 11 is 5.79. The Morgan fingerprint density at radius 2 is 1.74 bits per heavy atom. The van der Waals surface area contributed by atoms with E-state index in [1.54, 1.807) is 18.2 Å². The zero-order valence-corrected chi connectivity index (χ0v) is 16.4. The van der Waals surface area contributed by atoms with Crippen molar-refractivity contribution in [3.63, 3.8) is 0 Å². The van der Waals surface area contributed by atoms with Crippen LogP contribution in [0.3, 0.4) is 0 Å². The zero-order chi connectivity index (χ0) is 20.0. The van der Waals surface area contributed by atoms with E-state index in [0.717, 1.165) is 12.0 Å². The number of nitrogens with one attached hydrogen (secondary N) is 3. The molecule has 2 aromatic carbocycles.